The molecule has 0 spiro atoms. The van der Waals surface area contributed by atoms with Gasteiger partial charge in [0.25, 0.3) is 0 Å². The molecule has 54 valence electrons. The number of hydrogen-bond acceptors (Lipinski definition) is 3. The summed E-state index contributed by atoms with van der Waals surface area (Å²) in [5.41, 5.74) is 13.2. The highest BCUT2D eigenvalue weighted by molar-refractivity contribution is 5.89. The number of rotatable bonds is 2. The molecule has 1 saturated heterocycles. The van der Waals surface area contributed by atoms with Gasteiger partial charge in [0.1, 0.15) is 6.04 Å². The van der Waals surface area contributed by atoms with Crippen LogP contribution in [0.4, 0.5) is 0 Å². The highest BCUT2D eigenvalue weighted by Crippen LogP contribution is 2.02. The van der Waals surface area contributed by atoms with Crippen LogP contribution in [-0.2, 0) is 4.79 Å². The lowest BCUT2D eigenvalue weighted by molar-refractivity contribution is -0.130. The minimum Gasteiger partial charge on any atom is -0.350 e. The molecule has 3 N–H and O–H groups in total. The number of nitrogens with two attached hydrogens (primary N) is 1. The van der Waals surface area contributed by atoms with Crippen LogP contribution in [-0.4, -0.2) is 24.5 Å². The van der Waals surface area contributed by atoms with Crippen LogP contribution in [0.1, 0.15) is 0 Å². The molecule has 1 aliphatic heterocycles. The summed E-state index contributed by atoms with van der Waals surface area (Å²) < 4.78 is 0. The maximum Gasteiger partial charge on any atom is 0.239 e. The Morgan fingerprint density at radius 2 is 2.60 bits per heavy atom. The van der Waals surface area contributed by atoms with Gasteiger partial charge in [-0.2, -0.15) is 0 Å². The molecule has 0 unspecified atom stereocenters. The summed E-state index contributed by atoms with van der Waals surface area (Å²) in [6, 6.07) is -0.658. The molecule has 1 heterocycles. The average Bonchev–Trinajstić information content (AvgIpc) is 1.97. The predicted octanol–water partition coefficient (Wildman–Crippen LogP) is -0.878. The fourth-order valence-corrected chi connectivity index (χ4v) is 0.739. The van der Waals surface area contributed by atoms with Crippen LogP contribution < -0.4 is 11.1 Å². The number of carbonyl (C=O) groups excluding carboxylic acids is 1. The summed E-state index contributed by atoms with van der Waals surface area (Å²) in [5, 5.41) is 5.76. The average molecular weight is 141 g/mol. The highest BCUT2D eigenvalue weighted by atomic mass is 16.2. The molecule has 0 aromatic heterocycles. The molecular weight excluding hydrogens is 134 g/mol. The molecule has 1 rings (SSSR count). The summed E-state index contributed by atoms with van der Waals surface area (Å²) in [5.74, 6) is -0.182. The molecule has 0 saturated carbocycles. The summed E-state index contributed by atoms with van der Waals surface area (Å²) in [7, 11) is 0. The van der Waals surface area contributed by atoms with Crippen molar-refractivity contribution in [2.75, 3.05) is 6.54 Å². The van der Waals surface area contributed by atoms with Crippen molar-refractivity contribution >= 4 is 5.91 Å². The third-order valence-electron chi connectivity index (χ3n) is 1.41. The van der Waals surface area contributed by atoms with E-state index in [1.807, 2.05) is 0 Å². The Morgan fingerprint density at radius 1 is 1.90 bits per heavy atom. The maximum absolute atomic E-state index is 10.4. The Balaban J connectivity index is 2.33. The van der Waals surface area contributed by atoms with Crippen LogP contribution in [0.2, 0.25) is 0 Å². The largest absolute Gasteiger partial charge is 0.350 e. The van der Waals surface area contributed by atoms with Crippen molar-refractivity contribution in [1.82, 2.24) is 5.32 Å². The fraction of sp³-hybridized carbons (Fsp3) is 0.750. The van der Waals surface area contributed by atoms with E-state index in [9.17, 15) is 4.79 Å². The molecule has 10 heavy (non-hydrogen) atoms. The molecule has 0 aliphatic carbocycles. The maximum atomic E-state index is 10.4. The zero-order valence-electron chi connectivity index (χ0n) is 5.19. The van der Waals surface area contributed by atoms with Gasteiger partial charge in [-0.3, -0.25) is 4.79 Å². The smallest absolute Gasteiger partial charge is 0.239 e. The van der Waals surface area contributed by atoms with E-state index in [-0.39, 0.29) is 18.5 Å². The Bertz CT molecular complexity index is 196. The van der Waals surface area contributed by atoms with Gasteiger partial charge in [0.05, 0.1) is 6.04 Å². The van der Waals surface area contributed by atoms with Gasteiger partial charge in [-0.05, 0) is 5.53 Å². The van der Waals surface area contributed by atoms with Crippen LogP contribution in [0, 0.1) is 0 Å². The highest BCUT2D eigenvalue weighted by Gasteiger charge is 2.34. The van der Waals surface area contributed by atoms with Gasteiger partial charge in [0.15, 0.2) is 0 Å². The first-order valence-corrected chi connectivity index (χ1v) is 2.82. The van der Waals surface area contributed by atoms with E-state index < -0.39 is 6.04 Å². The van der Waals surface area contributed by atoms with Gasteiger partial charge < -0.3 is 11.1 Å². The Labute approximate surface area is 57.0 Å². The van der Waals surface area contributed by atoms with E-state index in [1.54, 1.807) is 0 Å². The van der Waals surface area contributed by atoms with Crippen LogP contribution in [0.25, 0.3) is 10.4 Å². The van der Waals surface area contributed by atoms with E-state index in [0.29, 0.717) is 0 Å². The predicted molar refractivity (Wildman–Crippen MR) is 33.9 cm³/mol. The Morgan fingerprint density at radius 3 is 3.00 bits per heavy atom. The van der Waals surface area contributed by atoms with Gasteiger partial charge in [-0.15, -0.1) is 0 Å². The number of carbonyl (C=O) groups is 1. The lowest BCUT2D eigenvalue weighted by Gasteiger charge is -2.32. The van der Waals surface area contributed by atoms with Gasteiger partial charge in [-0.25, -0.2) is 0 Å². The van der Waals surface area contributed by atoms with Crippen LogP contribution in [0.15, 0.2) is 5.11 Å². The van der Waals surface area contributed by atoms with Crippen molar-refractivity contribution < 1.29 is 4.79 Å². The minimum atomic E-state index is -0.495. The second kappa shape index (κ2) is 2.55. The lowest BCUT2D eigenvalue weighted by atomic mass is 10.0. The van der Waals surface area contributed by atoms with E-state index in [0.717, 1.165) is 0 Å². The normalized spacial score (nSPS) is 29.9. The third-order valence-corrected chi connectivity index (χ3v) is 1.41. The number of hydrogen-bond donors (Lipinski definition) is 2. The van der Waals surface area contributed by atoms with Crippen molar-refractivity contribution in [3.05, 3.63) is 10.4 Å². The van der Waals surface area contributed by atoms with Crippen LogP contribution in [0.5, 0.6) is 0 Å². The second-order valence-electron chi connectivity index (χ2n) is 2.05. The molecule has 2 atom stereocenters. The SMILES string of the molecule is [N-]=[N+]=NC[C@H]1NC(=O)[C@H]1N. The zero-order chi connectivity index (χ0) is 7.56. The van der Waals surface area contributed by atoms with Gasteiger partial charge >= 0.3 is 0 Å². The van der Waals surface area contributed by atoms with Crippen molar-refractivity contribution in [1.29, 1.82) is 0 Å². The van der Waals surface area contributed by atoms with Crippen molar-refractivity contribution in [3.63, 3.8) is 0 Å². The molecule has 0 aromatic rings. The quantitative estimate of drug-likeness (QED) is 0.225. The Hall–Kier alpha value is -1.26. The molecule has 1 fully saturated rings. The van der Waals surface area contributed by atoms with Crippen molar-refractivity contribution in [3.8, 4) is 0 Å². The number of nitrogens with zero attached hydrogens (tertiary/aromatic N) is 3. The standard InChI is InChI=1S/C4H7N5O/c5-3-2(1-7-9-6)8-4(3)10/h2-3H,1,5H2,(H,8,10)/t2-,3+/m1/s1. The summed E-state index contributed by atoms with van der Waals surface area (Å²) in [6.07, 6.45) is 0. The monoisotopic (exact) mass is 141 g/mol. The van der Waals surface area contributed by atoms with Crippen LogP contribution in [0.3, 0.4) is 0 Å². The second-order valence-corrected chi connectivity index (χ2v) is 2.05. The van der Waals surface area contributed by atoms with E-state index >= 15 is 0 Å². The van der Waals surface area contributed by atoms with Gasteiger partial charge in [0, 0.05) is 11.5 Å². The molecule has 6 heteroatoms. The molecule has 0 aromatic carbocycles. The number of azide groups is 1. The first kappa shape index (κ1) is 6.85. The van der Waals surface area contributed by atoms with Gasteiger partial charge in [-0.1, -0.05) is 5.11 Å². The molecule has 6 nitrogen and oxygen atoms in total. The summed E-state index contributed by atoms with van der Waals surface area (Å²) in [6.45, 7) is 0.239. The number of β-lactam (4-membered cyclic amide) rings is 1. The van der Waals surface area contributed by atoms with E-state index in [2.05, 4.69) is 15.3 Å². The number of amides is 1. The molecule has 1 aliphatic rings. The number of nitrogens with one attached hydrogen (secondary N) is 1. The molecular formula is C4H7N5O. The summed E-state index contributed by atoms with van der Waals surface area (Å²) >= 11 is 0. The van der Waals surface area contributed by atoms with Gasteiger partial charge in [0.2, 0.25) is 5.91 Å². The zero-order valence-corrected chi connectivity index (χ0v) is 5.19. The third kappa shape index (κ3) is 1.02. The first-order chi connectivity index (χ1) is 4.75. The minimum absolute atomic E-state index is 0.164. The lowest BCUT2D eigenvalue weighted by Crippen LogP contribution is -2.67. The molecule has 0 bridgehead atoms. The van der Waals surface area contributed by atoms with E-state index in [1.165, 1.54) is 0 Å². The van der Waals surface area contributed by atoms with E-state index in [4.69, 9.17) is 11.3 Å². The molecule has 1 amide bonds. The molecule has 0 radical (unpaired) electrons. The fourth-order valence-electron chi connectivity index (χ4n) is 0.739. The van der Waals surface area contributed by atoms with Crippen molar-refractivity contribution in [2.45, 2.75) is 12.1 Å². The first-order valence-electron chi connectivity index (χ1n) is 2.82. The summed E-state index contributed by atoms with van der Waals surface area (Å²) in [4.78, 5) is 13.0. The van der Waals surface area contributed by atoms with Crippen LogP contribution >= 0.6 is 0 Å². The topological polar surface area (TPSA) is 104 Å². The Kier molecular flexibility index (Phi) is 1.75. The van der Waals surface area contributed by atoms with Crippen molar-refractivity contribution in [2.24, 2.45) is 10.8 Å².